The fourth-order valence-electron chi connectivity index (χ4n) is 3.54. The van der Waals surface area contributed by atoms with Crippen LogP contribution in [0.25, 0.3) is 0 Å². The minimum absolute atomic E-state index is 0.158. The van der Waals surface area contributed by atoms with E-state index in [4.69, 9.17) is 9.47 Å². The highest BCUT2D eigenvalue weighted by atomic mass is 32.2. The van der Waals surface area contributed by atoms with Crippen molar-refractivity contribution in [2.24, 2.45) is 0 Å². The third-order valence-corrected chi connectivity index (χ3v) is 7.71. The maximum absolute atomic E-state index is 12.8. The molecule has 1 aliphatic rings. The van der Waals surface area contributed by atoms with Gasteiger partial charge in [0.2, 0.25) is 15.9 Å². The lowest BCUT2D eigenvalue weighted by Crippen LogP contribution is -2.44. The minimum Gasteiger partial charge on any atom is -0.497 e. The molecule has 0 unspecified atom stereocenters. The number of nitrogens with one attached hydrogen (secondary N) is 1. The predicted molar refractivity (Wildman–Crippen MR) is 121 cm³/mol. The number of nitrogens with zero attached hydrogens (tertiary/aromatic N) is 1. The van der Waals surface area contributed by atoms with Gasteiger partial charge >= 0.3 is 0 Å². The molecular weight excluding hydrogens is 436 g/mol. The number of carbonyl (C=O) groups is 1. The van der Waals surface area contributed by atoms with Crippen LogP contribution >= 0.6 is 11.8 Å². The van der Waals surface area contributed by atoms with E-state index in [0.717, 1.165) is 14.8 Å². The number of benzene rings is 2. The van der Waals surface area contributed by atoms with E-state index in [9.17, 15) is 13.2 Å². The number of rotatable bonds is 7. The molecule has 0 saturated carbocycles. The van der Waals surface area contributed by atoms with Crippen LogP contribution in [0.3, 0.4) is 0 Å². The number of hydrogen-bond donors (Lipinski definition) is 1. The van der Waals surface area contributed by atoms with Crippen molar-refractivity contribution in [1.82, 2.24) is 9.62 Å². The Bertz CT molecular complexity index is 1050. The lowest BCUT2D eigenvalue weighted by Gasteiger charge is -2.38. The molecule has 1 atom stereocenters. The van der Waals surface area contributed by atoms with E-state index in [2.05, 4.69) is 5.32 Å². The molecule has 3 rings (SSSR count). The highest BCUT2D eigenvalue weighted by Crippen LogP contribution is 2.41. The first kappa shape index (κ1) is 23.4. The second-order valence-corrected chi connectivity index (χ2v) is 11.0. The molecule has 2 aromatic rings. The lowest BCUT2D eigenvalue weighted by atomic mass is 9.89. The molecule has 0 radical (unpaired) electrons. The fourth-order valence-corrected chi connectivity index (χ4v) is 5.08. The van der Waals surface area contributed by atoms with Crippen LogP contribution < -0.4 is 14.8 Å². The van der Waals surface area contributed by atoms with Gasteiger partial charge in [0.1, 0.15) is 17.1 Å². The van der Waals surface area contributed by atoms with Crippen LogP contribution in [0, 0.1) is 0 Å². The van der Waals surface area contributed by atoms with Gasteiger partial charge in [-0.1, -0.05) is 0 Å². The summed E-state index contributed by atoms with van der Waals surface area (Å²) < 4.78 is 38.1. The molecule has 0 aromatic heterocycles. The van der Waals surface area contributed by atoms with Gasteiger partial charge in [-0.3, -0.25) is 4.79 Å². The van der Waals surface area contributed by atoms with E-state index in [-0.39, 0.29) is 23.4 Å². The molecule has 0 saturated heterocycles. The van der Waals surface area contributed by atoms with Gasteiger partial charge in [-0.15, -0.1) is 11.8 Å². The Kier molecular flexibility index (Phi) is 6.88. The Morgan fingerprint density at radius 1 is 1.26 bits per heavy atom. The summed E-state index contributed by atoms with van der Waals surface area (Å²) >= 11 is 1.53. The van der Waals surface area contributed by atoms with Gasteiger partial charge in [-0.05, 0) is 56.5 Å². The number of methoxy groups -OCH3 is 1. The van der Waals surface area contributed by atoms with Crippen LogP contribution in [0.4, 0.5) is 0 Å². The van der Waals surface area contributed by atoms with Gasteiger partial charge in [-0.25, -0.2) is 8.42 Å². The van der Waals surface area contributed by atoms with Crippen LogP contribution in [0.15, 0.2) is 52.3 Å². The van der Waals surface area contributed by atoms with E-state index >= 15 is 0 Å². The molecule has 1 N–H and O–H groups in total. The Morgan fingerprint density at radius 2 is 1.94 bits per heavy atom. The highest BCUT2D eigenvalue weighted by molar-refractivity contribution is 7.98. The summed E-state index contributed by atoms with van der Waals surface area (Å²) in [6.45, 7) is 3.61. The molecule has 1 aliphatic heterocycles. The summed E-state index contributed by atoms with van der Waals surface area (Å²) in [5.74, 6) is 0.937. The summed E-state index contributed by atoms with van der Waals surface area (Å²) in [4.78, 5) is 13.9. The molecule has 1 heterocycles. The summed E-state index contributed by atoms with van der Waals surface area (Å²) in [5, 5.41) is 2.97. The monoisotopic (exact) mass is 464 g/mol. The number of likely N-dealkylation sites (N-methyl/N-ethyl adjacent to an activating group) is 1. The molecule has 168 valence electrons. The fraction of sp³-hybridized carbons (Fsp3) is 0.409. The number of thioether (sulfide) groups is 1. The van der Waals surface area contributed by atoms with E-state index in [1.165, 1.54) is 18.8 Å². The zero-order valence-electron chi connectivity index (χ0n) is 18.3. The van der Waals surface area contributed by atoms with Gasteiger partial charge in [-0.2, -0.15) is 4.31 Å². The van der Waals surface area contributed by atoms with Crippen LogP contribution in [0.5, 0.6) is 11.5 Å². The second-order valence-electron chi connectivity index (χ2n) is 8.03. The number of ether oxygens (including phenoxy) is 2. The molecule has 7 nitrogen and oxygen atoms in total. The SMILES string of the molecule is COc1ccc2c(c1)OC(C)(C)C[C@H]2NC(=O)CN(C)S(=O)(=O)c1ccc(SC)cc1. The van der Waals surface area contributed by atoms with Crippen LogP contribution in [0.2, 0.25) is 0 Å². The smallest absolute Gasteiger partial charge is 0.243 e. The standard InChI is InChI=1S/C22H28N2O5S2/c1-22(2)13-19(18-11-6-15(28-4)12-20(18)29-22)23-21(25)14-24(3)31(26,27)17-9-7-16(30-5)8-10-17/h6-12,19H,13-14H2,1-5H3,(H,23,25)/t19-/m1/s1. The summed E-state index contributed by atoms with van der Waals surface area (Å²) in [6, 6.07) is 11.8. The average molecular weight is 465 g/mol. The van der Waals surface area contributed by atoms with Crippen molar-refractivity contribution in [2.75, 3.05) is 27.0 Å². The quantitative estimate of drug-likeness (QED) is 0.632. The zero-order chi connectivity index (χ0) is 22.8. The van der Waals surface area contributed by atoms with Crippen LogP contribution in [0.1, 0.15) is 31.9 Å². The van der Waals surface area contributed by atoms with Crippen LogP contribution in [-0.4, -0.2) is 51.2 Å². The topological polar surface area (TPSA) is 84.9 Å². The Morgan fingerprint density at radius 3 is 2.55 bits per heavy atom. The van der Waals surface area contributed by atoms with Crippen molar-refractivity contribution in [3.05, 3.63) is 48.0 Å². The largest absolute Gasteiger partial charge is 0.497 e. The van der Waals surface area contributed by atoms with Gasteiger partial charge in [0.25, 0.3) is 0 Å². The van der Waals surface area contributed by atoms with E-state index in [1.807, 2.05) is 32.2 Å². The maximum atomic E-state index is 12.8. The highest BCUT2D eigenvalue weighted by Gasteiger charge is 2.35. The molecule has 9 heteroatoms. The van der Waals surface area contributed by atoms with Crippen molar-refractivity contribution in [3.8, 4) is 11.5 Å². The molecule has 0 spiro atoms. The number of hydrogen-bond acceptors (Lipinski definition) is 6. The third-order valence-electron chi connectivity index (χ3n) is 5.15. The lowest BCUT2D eigenvalue weighted by molar-refractivity contribution is -0.122. The summed E-state index contributed by atoms with van der Waals surface area (Å²) in [5.41, 5.74) is 0.348. The normalized spacial score (nSPS) is 17.5. The van der Waals surface area contributed by atoms with Crippen molar-refractivity contribution in [3.63, 3.8) is 0 Å². The number of fused-ring (bicyclic) bond motifs is 1. The molecule has 2 aromatic carbocycles. The predicted octanol–water partition coefficient (Wildman–Crippen LogP) is 3.46. The van der Waals surface area contributed by atoms with Crippen molar-refractivity contribution >= 4 is 27.7 Å². The van der Waals surface area contributed by atoms with Gasteiger partial charge in [0.05, 0.1) is 24.6 Å². The minimum atomic E-state index is -3.77. The first-order valence-electron chi connectivity index (χ1n) is 9.82. The van der Waals surface area contributed by atoms with Crippen molar-refractivity contribution in [2.45, 2.75) is 41.7 Å². The molecule has 1 amide bonds. The van der Waals surface area contributed by atoms with Crippen molar-refractivity contribution in [1.29, 1.82) is 0 Å². The van der Waals surface area contributed by atoms with E-state index in [1.54, 1.807) is 37.4 Å². The zero-order valence-corrected chi connectivity index (χ0v) is 20.0. The molecule has 31 heavy (non-hydrogen) atoms. The molecular formula is C22H28N2O5S2. The van der Waals surface area contributed by atoms with Gasteiger partial charge in [0.15, 0.2) is 0 Å². The second kappa shape index (κ2) is 9.10. The number of sulfonamides is 1. The van der Waals surface area contributed by atoms with Gasteiger partial charge in [0, 0.05) is 30.0 Å². The van der Waals surface area contributed by atoms with E-state index in [0.29, 0.717) is 17.9 Å². The summed E-state index contributed by atoms with van der Waals surface area (Å²) in [7, 11) is -0.780. The summed E-state index contributed by atoms with van der Waals surface area (Å²) in [6.07, 6.45) is 2.48. The third kappa shape index (κ3) is 5.34. The van der Waals surface area contributed by atoms with Crippen LogP contribution in [-0.2, 0) is 14.8 Å². The average Bonchev–Trinajstić information content (AvgIpc) is 2.72. The van der Waals surface area contributed by atoms with Gasteiger partial charge < -0.3 is 14.8 Å². The Balaban J connectivity index is 1.74. The molecule has 0 fully saturated rings. The first-order valence-corrected chi connectivity index (χ1v) is 12.5. The number of amides is 1. The number of carbonyl (C=O) groups excluding carboxylic acids is 1. The molecule has 0 bridgehead atoms. The Hall–Kier alpha value is -2.23. The Labute approximate surface area is 188 Å². The maximum Gasteiger partial charge on any atom is 0.243 e. The first-order chi connectivity index (χ1) is 14.6. The molecule has 0 aliphatic carbocycles. The van der Waals surface area contributed by atoms with E-state index < -0.39 is 15.6 Å². The van der Waals surface area contributed by atoms with Crippen molar-refractivity contribution < 1.29 is 22.7 Å².